The van der Waals surface area contributed by atoms with E-state index in [1.165, 1.54) is 37.0 Å². The van der Waals surface area contributed by atoms with Crippen LogP contribution in [0.1, 0.15) is 32.1 Å². The van der Waals surface area contributed by atoms with Gasteiger partial charge in [-0.1, -0.05) is 48.4 Å². The molecule has 0 radical (unpaired) electrons. The van der Waals surface area contributed by atoms with Crippen molar-refractivity contribution in [1.82, 2.24) is 10.2 Å². The van der Waals surface area contributed by atoms with E-state index in [0.29, 0.717) is 0 Å². The van der Waals surface area contributed by atoms with Crippen molar-refractivity contribution in [2.24, 2.45) is 0 Å². The predicted octanol–water partition coefficient (Wildman–Crippen LogP) is 4.69. The van der Waals surface area contributed by atoms with Gasteiger partial charge in [0, 0.05) is 5.25 Å². The number of hydrogen-bond acceptors (Lipinski definition) is 5. The lowest BCUT2D eigenvalue weighted by Crippen LogP contribution is -2.07. The molecule has 0 amide bonds. The van der Waals surface area contributed by atoms with E-state index >= 15 is 0 Å². The Morgan fingerprint density at radius 3 is 2.82 bits per heavy atom. The summed E-state index contributed by atoms with van der Waals surface area (Å²) in [5, 5.41) is 12.5. The maximum absolute atomic E-state index is 4.30. The third kappa shape index (κ3) is 2.89. The van der Waals surface area contributed by atoms with Gasteiger partial charge in [0.1, 0.15) is 0 Å². The van der Waals surface area contributed by atoms with Crippen LogP contribution in [0.5, 0.6) is 0 Å². The van der Waals surface area contributed by atoms with Crippen molar-refractivity contribution in [3.63, 3.8) is 0 Å². The fraction of sp³-hybridized carbons (Fsp3) is 0.500. The van der Waals surface area contributed by atoms with Gasteiger partial charge < -0.3 is 0 Å². The Morgan fingerprint density at radius 1 is 1.18 bits per heavy atom. The quantitative estimate of drug-likeness (QED) is 0.816. The Balaban J connectivity index is 1.68. The highest BCUT2D eigenvalue weighted by atomic mass is 32.2. The van der Waals surface area contributed by atoms with Crippen LogP contribution in [-0.2, 0) is 0 Å². The highest BCUT2D eigenvalue weighted by molar-refractivity contribution is 8.01. The van der Waals surface area contributed by atoms with E-state index in [4.69, 9.17) is 0 Å². The van der Waals surface area contributed by atoms with Crippen molar-refractivity contribution < 1.29 is 0 Å². The van der Waals surface area contributed by atoms with Crippen LogP contribution in [0.15, 0.2) is 21.9 Å². The average Bonchev–Trinajstić information content (AvgIpc) is 3.00. The Bertz CT molecular complexity index is 458. The smallest absolute Gasteiger partial charge is 0.141 e. The summed E-state index contributed by atoms with van der Waals surface area (Å²) in [6.45, 7) is 0. The molecule has 3 rings (SSSR count). The normalized spacial score (nSPS) is 17.4. The lowest BCUT2D eigenvalue weighted by molar-refractivity contribution is 0.516. The number of rotatable bonds is 3. The van der Waals surface area contributed by atoms with Crippen LogP contribution in [0.25, 0.3) is 9.88 Å². The zero-order valence-electron chi connectivity index (χ0n) is 9.46. The first-order chi connectivity index (χ1) is 8.42. The molecule has 1 fully saturated rings. The van der Waals surface area contributed by atoms with Crippen LogP contribution in [0, 0.1) is 0 Å². The van der Waals surface area contributed by atoms with E-state index in [1.54, 1.807) is 22.7 Å². The molecule has 0 atom stereocenters. The van der Waals surface area contributed by atoms with Crippen LogP contribution in [-0.4, -0.2) is 15.4 Å². The first-order valence-corrected chi connectivity index (χ1v) is 8.53. The van der Waals surface area contributed by atoms with Crippen molar-refractivity contribution >= 4 is 34.4 Å². The second kappa shape index (κ2) is 5.50. The molecule has 0 spiro atoms. The number of hydrogen-bond donors (Lipinski definition) is 0. The van der Waals surface area contributed by atoms with Crippen LogP contribution >= 0.6 is 34.4 Å². The highest BCUT2D eigenvalue weighted by Gasteiger charge is 2.17. The summed E-state index contributed by atoms with van der Waals surface area (Å²) in [6, 6.07) is 4.18. The molecule has 2 aromatic heterocycles. The predicted molar refractivity (Wildman–Crippen MR) is 76.0 cm³/mol. The molecule has 1 aliphatic rings. The molecule has 1 aliphatic carbocycles. The van der Waals surface area contributed by atoms with Crippen LogP contribution < -0.4 is 0 Å². The van der Waals surface area contributed by atoms with Gasteiger partial charge in [-0.25, -0.2) is 0 Å². The Labute approximate surface area is 113 Å². The standard InChI is InChI=1S/C12H14N2S3/c1-2-5-9(6-3-1)16-12-14-13-11(17-12)10-7-4-8-15-10/h4,7-9H,1-3,5-6H2. The van der Waals surface area contributed by atoms with Gasteiger partial charge in [-0.05, 0) is 24.3 Å². The maximum Gasteiger partial charge on any atom is 0.174 e. The van der Waals surface area contributed by atoms with Gasteiger partial charge >= 0.3 is 0 Å². The van der Waals surface area contributed by atoms with E-state index in [0.717, 1.165) is 14.6 Å². The van der Waals surface area contributed by atoms with Crippen LogP contribution in [0.3, 0.4) is 0 Å². The topological polar surface area (TPSA) is 25.8 Å². The summed E-state index contributed by atoms with van der Waals surface area (Å²) in [5.74, 6) is 0. The van der Waals surface area contributed by atoms with E-state index in [-0.39, 0.29) is 0 Å². The summed E-state index contributed by atoms with van der Waals surface area (Å²) in [4.78, 5) is 1.23. The van der Waals surface area contributed by atoms with E-state index < -0.39 is 0 Å². The fourth-order valence-electron chi connectivity index (χ4n) is 2.08. The fourth-order valence-corrected chi connectivity index (χ4v) is 5.23. The Kier molecular flexibility index (Phi) is 3.78. The van der Waals surface area contributed by atoms with Crippen molar-refractivity contribution in [2.75, 3.05) is 0 Å². The number of nitrogens with zero attached hydrogens (tertiary/aromatic N) is 2. The largest absolute Gasteiger partial charge is 0.174 e. The summed E-state index contributed by atoms with van der Waals surface area (Å²) in [7, 11) is 0. The zero-order valence-corrected chi connectivity index (χ0v) is 11.9. The molecule has 2 aromatic rings. The summed E-state index contributed by atoms with van der Waals surface area (Å²) in [5.41, 5.74) is 0. The molecule has 0 unspecified atom stereocenters. The summed E-state index contributed by atoms with van der Waals surface area (Å²) < 4.78 is 1.14. The van der Waals surface area contributed by atoms with Crippen LogP contribution in [0.4, 0.5) is 0 Å². The average molecular weight is 282 g/mol. The van der Waals surface area contributed by atoms with Gasteiger partial charge in [0.2, 0.25) is 0 Å². The van der Waals surface area contributed by atoms with Gasteiger partial charge in [0.05, 0.1) is 4.88 Å². The highest BCUT2D eigenvalue weighted by Crippen LogP contribution is 2.37. The Morgan fingerprint density at radius 2 is 2.06 bits per heavy atom. The minimum absolute atomic E-state index is 0.771. The van der Waals surface area contributed by atoms with Crippen molar-refractivity contribution in [1.29, 1.82) is 0 Å². The first-order valence-electron chi connectivity index (χ1n) is 5.96. The van der Waals surface area contributed by atoms with Crippen LogP contribution in [0.2, 0.25) is 0 Å². The molecule has 2 nitrogen and oxygen atoms in total. The molecule has 0 saturated heterocycles. The molecule has 0 bridgehead atoms. The second-order valence-electron chi connectivity index (χ2n) is 4.23. The molecule has 2 heterocycles. The minimum Gasteiger partial charge on any atom is -0.141 e. The molecule has 0 N–H and O–H groups in total. The van der Waals surface area contributed by atoms with Gasteiger partial charge in [-0.15, -0.1) is 21.5 Å². The van der Waals surface area contributed by atoms with E-state index in [2.05, 4.69) is 27.7 Å². The first kappa shape index (κ1) is 11.7. The van der Waals surface area contributed by atoms with E-state index in [9.17, 15) is 0 Å². The molecule has 1 saturated carbocycles. The lowest BCUT2D eigenvalue weighted by atomic mass is 10.0. The maximum atomic E-state index is 4.30. The molecule has 17 heavy (non-hydrogen) atoms. The molecular weight excluding hydrogens is 268 g/mol. The van der Waals surface area contributed by atoms with Gasteiger partial charge in [-0.3, -0.25) is 0 Å². The van der Waals surface area contributed by atoms with Gasteiger partial charge in [0.25, 0.3) is 0 Å². The van der Waals surface area contributed by atoms with Gasteiger partial charge in [-0.2, -0.15) is 0 Å². The number of thiophene rings is 1. The van der Waals surface area contributed by atoms with Crippen molar-refractivity contribution in [3.05, 3.63) is 17.5 Å². The number of thioether (sulfide) groups is 1. The summed E-state index contributed by atoms with van der Waals surface area (Å²) >= 11 is 5.40. The van der Waals surface area contributed by atoms with Gasteiger partial charge in [0.15, 0.2) is 9.35 Å². The monoisotopic (exact) mass is 282 g/mol. The SMILES string of the molecule is c1csc(-c2nnc(SC3CCCCC3)s2)c1. The molecular formula is C12H14N2S3. The molecule has 0 aliphatic heterocycles. The zero-order chi connectivity index (χ0) is 11.5. The lowest BCUT2D eigenvalue weighted by Gasteiger charge is -2.19. The minimum atomic E-state index is 0.771. The molecule has 90 valence electrons. The second-order valence-corrected chi connectivity index (χ2v) is 7.70. The summed E-state index contributed by atoms with van der Waals surface area (Å²) in [6.07, 6.45) is 6.87. The number of aromatic nitrogens is 2. The van der Waals surface area contributed by atoms with Crippen molar-refractivity contribution in [2.45, 2.75) is 41.7 Å². The Hall–Kier alpha value is -0.390. The van der Waals surface area contributed by atoms with E-state index in [1.807, 2.05) is 11.8 Å². The molecule has 5 heteroatoms. The van der Waals surface area contributed by atoms with Crippen molar-refractivity contribution in [3.8, 4) is 9.88 Å². The molecule has 0 aromatic carbocycles. The third-order valence-electron chi connectivity index (χ3n) is 2.96. The third-order valence-corrected chi connectivity index (χ3v) is 6.34.